The number of hydrogen-bond acceptors (Lipinski definition) is 2. The Morgan fingerprint density at radius 3 is 2.21 bits per heavy atom. The molecule has 86 valence electrons. The lowest BCUT2D eigenvalue weighted by atomic mass is 9.98. The Balaban J connectivity index is 3.57. The maximum absolute atomic E-state index is 9.13. The summed E-state index contributed by atoms with van der Waals surface area (Å²) in [5, 5.41) is 12.6. The van der Waals surface area contributed by atoms with Crippen LogP contribution in [0.1, 0.15) is 53.4 Å². The average molecular weight is 201 g/mol. The molecule has 0 saturated heterocycles. The summed E-state index contributed by atoms with van der Waals surface area (Å²) < 4.78 is 0. The number of rotatable bonds is 8. The van der Waals surface area contributed by atoms with Crippen LogP contribution in [0, 0.1) is 5.92 Å². The second-order valence-corrected chi connectivity index (χ2v) is 4.45. The number of aliphatic hydroxyl groups is 1. The monoisotopic (exact) mass is 201 g/mol. The number of hydrogen-bond donors (Lipinski definition) is 2. The fourth-order valence-electron chi connectivity index (χ4n) is 1.54. The molecule has 0 aromatic rings. The lowest BCUT2D eigenvalue weighted by Gasteiger charge is -2.20. The molecule has 0 aliphatic rings. The van der Waals surface area contributed by atoms with Gasteiger partial charge in [-0.15, -0.1) is 0 Å². The molecule has 0 aliphatic carbocycles. The van der Waals surface area contributed by atoms with Crippen LogP contribution in [0.5, 0.6) is 0 Å². The fraction of sp³-hybridized carbons (Fsp3) is 1.00. The Morgan fingerprint density at radius 1 is 1.14 bits per heavy atom. The van der Waals surface area contributed by atoms with Gasteiger partial charge in [-0.05, 0) is 38.6 Å². The van der Waals surface area contributed by atoms with E-state index in [1.807, 2.05) is 6.92 Å². The minimum Gasteiger partial charge on any atom is -0.393 e. The second kappa shape index (κ2) is 8.25. The summed E-state index contributed by atoms with van der Waals surface area (Å²) in [6.45, 7) is 9.55. The van der Waals surface area contributed by atoms with Crippen LogP contribution in [0.2, 0.25) is 0 Å². The molecule has 2 N–H and O–H groups in total. The van der Waals surface area contributed by atoms with Crippen molar-refractivity contribution < 1.29 is 5.11 Å². The highest BCUT2D eigenvalue weighted by atomic mass is 16.3. The molecule has 0 heterocycles. The van der Waals surface area contributed by atoms with E-state index in [0.29, 0.717) is 6.04 Å². The van der Waals surface area contributed by atoms with Crippen molar-refractivity contribution in [2.24, 2.45) is 5.92 Å². The Bertz CT molecular complexity index is 125. The highest BCUT2D eigenvalue weighted by molar-refractivity contribution is 4.68. The van der Waals surface area contributed by atoms with Gasteiger partial charge in [0.2, 0.25) is 0 Å². The molecule has 0 unspecified atom stereocenters. The van der Waals surface area contributed by atoms with E-state index in [0.717, 1.165) is 18.9 Å². The molecule has 0 fully saturated rings. The summed E-state index contributed by atoms with van der Waals surface area (Å²) >= 11 is 0. The lowest BCUT2D eigenvalue weighted by molar-refractivity contribution is 0.181. The van der Waals surface area contributed by atoms with Gasteiger partial charge in [0, 0.05) is 6.04 Å². The van der Waals surface area contributed by atoms with E-state index < -0.39 is 0 Å². The zero-order valence-electron chi connectivity index (χ0n) is 10.2. The molecule has 0 aromatic carbocycles. The summed E-state index contributed by atoms with van der Waals surface area (Å²) in [7, 11) is 0. The molecule has 0 aliphatic heterocycles. The van der Waals surface area contributed by atoms with Crippen molar-refractivity contribution in [1.82, 2.24) is 5.32 Å². The zero-order chi connectivity index (χ0) is 11.0. The minimum atomic E-state index is -0.177. The molecular formula is C12H27NO. The lowest BCUT2D eigenvalue weighted by Crippen LogP contribution is -2.32. The van der Waals surface area contributed by atoms with Crippen molar-refractivity contribution in [2.45, 2.75) is 65.5 Å². The van der Waals surface area contributed by atoms with Gasteiger partial charge in [0.05, 0.1) is 6.10 Å². The molecule has 0 radical (unpaired) electrons. The van der Waals surface area contributed by atoms with E-state index in [2.05, 4.69) is 26.1 Å². The molecule has 2 nitrogen and oxygen atoms in total. The van der Waals surface area contributed by atoms with E-state index in [1.165, 1.54) is 19.3 Å². The zero-order valence-corrected chi connectivity index (χ0v) is 10.2. The van der Waals surface area contributed by atoms with E-state index in [9.17, 15) is 0 Å². The van der Waals surface area contributed by atoms with Crippen LogP contribution >= 0.6 is 0 Å². The average Bonchev–Trinajstić information content (AvgIpc) is 2.15. The predicted octanol–water partition coefficient (Wildman–Crippen LogP) is 2.56. The van der Waals surface area contributed by atoms with Crippen molar-refractivity contribution in [2.75, 3.05) is 6.54 Å². The first-order chi connectivity index (χ1) is 6.60. The molecule has 0 amide bonds. The molecule has 0 saturated carbocycles. The van der Waals surface area contributed by atoms with Gasteiger partial charge in [-0.1, -0.05) is 27.2 Å². The van der Waals surface area contributed by atoms with Gasteiger partial charge in [0.1, 0.15) is 0 Å². The van der Waals surface area contributed by atoms with Crippen LogP contribution in [0.3, 0.4) is 0 Å². The smallest absolute Gasteiger partial charge is 0.0524 e. The van der Waals surface area contributed by atoms with Gasteiger partial charge < -0.3 is 10.4 Å². The van der Waals surface area contributed by atoms with E-state index in [4.69, 9.17) is 5.11 Å². The van der Waals surface area contributed by atoms with Crippen LogP contribution in [0.15, 0.2) is 0 Å². The van der Waals surface area contributed by atoms with Crippen molar-refractivity contribution in [1.29, 1.82) is 0 Å². The Hall–Kier alpha value is -0.0800. The summed E-state index contributed by atoms with van der Waals surface area (Å²) in [6, 6.07) is 0.628. The molecule has 14 heavy (non-hydrogen) atoms. The first-order valence-corrected chi connectivity index (χ1v) is 6.01. The van der Waals surface area contributed by atoms with Crippen molar-refractivity contribution in [3.05, 3.63) is 0 Å². The van der Waals surface area contributed by atoms with Gasteiger partial charge in [0.15, 0.2) is 0 Å². The third-order valence-electron chi connectivity index (χ3n) is 2.87. The summed E-state index contributed by atoms with van der Waals surface area (Å²) in [5.74, 6) is 0.805. The maximum atomic E-state index is 9.13. The largest absolute Gasteiger partial charge is 0.393 e. The molecule has 0 rings (SSSR count). The minimum absolute atomic E-state index is 0.177. The first-order valence-electron chi connectivity index (χ1n) is 6.01. The highest BCUT2D eigenvalue weighted by Gasteiger charge is 2.09. The third-order valence-corrected chi connectivity index (χ3v) is 2.87. The van der Waals surface area contributed by atoms with E-state index in [-0.39, 0.29) is 6.10 Å². The van der Waals surface area contributed by atoms with Crippen molar-refractivity contribution in [3.8, 4) is 0 Å². The second-order valence-electron chi connectivity index (χ2n) is 4.45. The quantitative estimate of drug-likeness (QED) is 0.632. The Kier molecular flexibility index (Phi) is 8.20. The van der Waals surface area contributed by atoms with Crippen LogP contribution in [0.25, 0.3) is 0 Å². The third kappa shape index (κ3) is 7.34. The topological polar surface area (TPSA) is 32.3 Å². The molecule has 0 aromatic heterocycles. The normalized spacial score (nSPS) is 17.8. The molecular weight excluding hydrogens is 174 g/mol. The van der Waals surface area contributed by atoms with E-state index in [1.54, 1.807) is 0 Å². The maximum Gasteiger partial charge on any atom is 0.0524 e. The van der Waals surface area contributed by atoms with Gasteiger partial charge in [-0.2, -0.15) is 0 Å². The van der Waals surface area contributed by atoms with Gasteiger partial charge >= 0.3 is 0 Å². The van der Waals surface area contributed by atoms with Crippen molar-refractivity contribution in [3.63, 3.8) is 0 Å². The van der Waals surface area contributed by atoms with E-state index >= 15 is 0 Å². The molecule has 0 spiro atoms. The summed E-state index contributed by atoms with van der Waals surface area (Å²) in [4.78, 5) is 0. The summed E-state index contributed by atoms with van der Waals surface area (Å²) in [6.07, 6.45) is 4.38. The standard InChI is InChI=1S/C12H27NO/c1-5-10(3)9-12(6-2)13-8-7-11(4)14/h10-14H,5-9H2,1-4H3/t10-,11+,12+/m0/s1. The Morgan fingerprint density at radius 2 is 1.79 bits per heavy atom. The Labute approximate surface area is 89.1 Å². The predicted molar refractivity (Wildman–Crippen MR) is 62.5 cm³/mol. The van der Waals surface area contributed by atoms with Crippen molar-refractivity contribution >= 4 is 0 Å². The first kappa shape index (κ1) is 13.9. The van der Waals surface area contributed by atoms with Gasteiger partial charge in [0.25, 0.3) is 0 Å². The molecule has 2 heteroatoms. The highest BCUT2D eigenvalue weighted by Crippen LogP contribution is 2.11. The fourth-order valence-corrected chi connectivity index (χ4v) is 1.54. The van der Waals surface area contributed by atoms with Crippen LogP contribution < -0.4 is 5.32 Å². The molecule has 0 bridgehead atoms. The molecule has 3 atom stereocenters. The van der Waals surface area contributed by atoms with Crippen LogP contribution in [0.4, 0.5) is 0 Å². The van der Waals surface area contributed by atoms with Crippen LogP contribution in [-0.4, -0.2) is 23.8 Å². The van der Waals surface area contributed by atoms with Crippen LogP contribution in [-0.2, 0) is 0 Å². The SMILES string of the molecule is CC[C@H](C)C[C@@H](CC)NCC[C@@H](C)O. The number of nitrogens with one attached hydrogen (secondary N) is 1. The summed E-state index contributed by atoms with van der Waals surface area (Å²) in [5.41, 5.74) is 0. The van der Waals surface area contributed by atoms with Gasteiger partial charge in [-0.25, -0.2) is 0 Å². The van der Waals surface area contributed by atoms with Gasteiger partial charge in [-0.3, -0.25) is 0 Å². The number of aliphatic hydroxyl groups excluding tert-OH is 1.